The Hall–Kier alpha value is -0.210. The normalized spacial score (nSPS) is 27.6. The van der Waals surface area contributed by atoms with E-state index < -0.39 is 10.2 Å². The van der Waals surface area contributed by atoms with E-state index in [1.807, 2.05) is 0 Å². The molecule has 0 radical (unpaired) electrons. The average Bonchev–Trinajstić information content (AvgIpc) is 2.41. The van der Waals surface area contributed by atoms with Gasteiger partial charge in [-0.15, -0.1) is 0 Å². The first kappa shape index (κ1) is 14.2. The van der Waals surface area contributed by atoms with Crippen molar-refractivity contribution in [3.63, 3.8) is 0 Å². The minimum absolute atomic E-state index is 0.0386. The zero-order valence-electron chi connectivity index (χ0n) is 11.0. The minimum atomic E-state index is -3.30. The molecule has 2 fully saturated rings. The molecule has 2 rings (SSSR count). The molecular weight excluding hydrogens is 254 g/mol. The SMILES string of the molecule is CN(CC1CNCCO1)S(=O)(=O)N1CCCCC1. The van der Waals surface area contributed by atoms with Crippen molar-refractivity contribution in [2.75, 3.05) is 46.4 Å². The van der Waals surface area contributed by atoms with Crippen molar-refractivity contribution < 1.29 is 13.2 Å². The lowest BCUT2D eigenvalue weighted by atomic mass is 10.2. The van der Waals surface area contributed by atoms with Crippen LogP contribution in [0, 0.1) is 0 Å². The van der Waals surface area contributed by atoms with Crippen molar-refractivity contribution in [2.45, 2.75) is 25.4 Å². The Balaban J connectivity index is 1.91. The molecule has 6 nitrogen and oxygen atoms in total. The van der Waals surface area contributed by atoms with Gasteiger partial charge < -0.3 is 10.1 Å². The first-order valence-electron chi connectivity index (χ1n) is 6.64. The van der Waals surface area contributed by atoms with Crippen molar-refractivity contribution in [2.24, 2.45) is 0 Å². The van der Waals surface area contributed by atoms with Gasteiger partial charge in [0, 0.05) is 39.8 Å². The monoisotopic (exact) mass is 277 g/mol. The van der Waals surface area contributed by atoms with Crippen LogP contribution in [0.4, 0.5) is 0 Å². The fraction of sp³-hybridized carbons (Fsp3) is 1.00. The van der Waals surface area contributed by atoms with Crippen LogP contribution in [0.3, 0.4) is 0 Å². The quantitative estimate of drug-likeness (QED) is 0.762. The van der Waals surface area contributed by atoms with E-state index >= 15 is 0 Å². The van der Waals surface area contributed by atoms with Crippen molar-refractivity contribution in [3.8, 4) is 0 Å². The second-order valence-corrected chi connectivity index (χ2v) is 6.98. The Morgan fingerprint density at radius 3 is 2.67 bits per heavy atom. The van der Waals surface area contributed by atoms with Gasteiger partial charge >= 0.3 is 0 Å². The van der Waals surface area contributed by atoms with Gasteiger partial charge in [-0.3, -0.25) is 0 Å². The lowest BCUT2D eigenvalue weighted by molar-refractivity contribution is 0.0199. The van der Waals surface area contributed by atoms with Crippen LogP contribution in [-0.2, 0) is 14.9 Å². The summed E-state index contributed by atoms with van der Waals surface area (Å²) in [6, 6.07) is 0. The summed E-state index contributed by atoms with van der Waals surface area (Å²) >= 11 is 0. The van der Waals surface area contributed by atoms with E-state index in [0.717, 1.165) is 32.4 Å². The van der Waals surface area contributed by atoms with Gasteiger partial charge in [0.15, 0.2) is 0 Å². The predicted molar refractivity (Wildman–Crippen MR) is 69.6 cm³/mol. The molecule has 0 aromatic rings. The molecule has 0 aromatic carbocycles. The Kier molecular flexibility index (Phi) is 4.97. The molecule has 2 aliphatic heterocycles. The number of likely N-dealkylation sites (N-methyl/N-ethyl adjacent to an activating group) is 1. The lowest BCUT2D eigenvalue weighted by Gasteiger charge is -2.33. The molecule has 1 unspecified atom stereocenters. The summed E-state index contributed by atoms with van der Waals surface area (Å²) < 4.78 is 33.2. The summed E-state index contributed by atoms with van der Waals surface area (Å²) in [7, 11) is -1.66. The molecule has 2 aliphatic rings. The fourth-order valence-corrected chi connectivity index (χ4v) is 3.88. The maximum atomic E-state index is 12.3. The molecule has 2 saturated heterocycles. The van der Waals surface area contributed by atoms with E-state index in [0.29, 0.717) is 26.2 Å². The second kappa shape index (κ2) is 6.29. The molecule has 0 aliphatic carbocycles. The summed E-state index contributed by atoms with van der Waals surface area (Å²) in [6.45, 7) is 3.94. The Labute approximate surface area is 109 Å². The van der Waals surface area contributed by atoms with Gasteiger partial charge in [-0.2, -0.15) is 17.0 Å². The summed E-state index contributed by atoms with van der Waals surface area (Å²) in [5.41, 5.74) is 0. The zero-order chi connectivity index (χ0) is 13.0. The van der Waals surface area contributed by atoms with Gasteiger partial charge in [-0.1, -0.05) is 6.42 Å². The maximum Gasteiger partial charge on any atom is 0.281 e. The van der Waals surface area contributed by atoms with E-state index in [-0.39, 0.29) is 6.10 Å². The highest BCUT2D eigenvalue weighted by atomic mass is 32.2. The van der Waals surface area contributed by atoms with Crippen LogP contribution < -0.4 is 5.32 Å². The number of morpholine rings is 1. The predicted octanol–water partition coefficient (Wildman–Crippen LogP) is -0.363. The molecule has 0 saturated carbocycles. The molecule has 18 heavy (non-hydrogen) atoms. The molecular formula is C11H23N3O3S. The van der Waals surface area contributed by atoms with Crippen LogP contribution in [0.2, 0.25) is 0 Å². The zero-order valence-corrected chi connectivity index (χ0v) is 11.8. The molecule has 7 heteroatoms. The maximum absolute atomic E-state index is 12.3. The van der Waals surface area contributed by atoms with E-state index in [9.17, 15) is 8.42 Å². The molecule has 106 valence electrons. The van der Waals surface area contributed by atoms with Crippen LogP contribution in [0.1, 0.15) is 19.3 Å². The summed E-state index contributed by atoms with van der Waals surface area (Å²) in [5.74, 6) is 0. The van der Waals surface area contributed by atoms with Crippen LogP contribution in [0.15, 0.2) is 0 Å². The number of rotatable bonds is 4. The summed E-state index contributed by atoms with van der Waals surface area (Å²) in [4.78, 5) is 0. The molecule has 0 aromatic heterocycles. The second-order valence-electron chi connectivity index (χ2n) is 4.94. The van der Waals surface area contributed by atoms with E-state index in [1.165, 1.54) is 4.31 Å². The Morgan fingerprint density at radius 1 is 1.33 bits per heavy atom. The van der Waals surface area contributed by atoms with E-state index in [2.05, 4.69) is 5.32 Å². The molecule has 1 atom stereocenters. The van der Waals surface area contributed by atoms with E-state index in [1.54, 1.807) is 11.4 Å². The summed E-state index contributed by atoms with van der Waals surface area (Å²) in [6.07, 6.45) is 3.03. The molecule has 2 heterocycles. The fourth-order valence-electron chi connectivity index (χ4n) is 2.41. The van der Waals surface area contributed by atoms with Gasteiger partial charge in [0.25, 0.3) is 10.2 Å². The van der Waals surface area contributed by atoms with Crippen LogP contribution in [-0.4, -0.2) is 69.5 Å². The Bertz CT molecular complexity index is 349. The highest BCUT2D eigenvalue weighted by Crippen LogP contribution is 2.16. The van der Waals surface area contributed by atoms with Gasteiger partial charge in [-0.25, -0.2) is 0 Å². The third-order valence-corrected chi connectivity index (χ3v) is 5.45. The third-order valence-electron chi connectivity index (χ3n) is 3.50. The van der Waals surface area contributed by atoms with Gasteiger partial charge in [0.05, 0.1) is 12.7 Å². The first-order valence-corrected chi connectivity index (χ1v) is 8.04. The highest BCUT2D eigenvalue weighted by Gasteiger charge is 2.30. The van der Waals surface area contributed by atoms with Crippen molar-refractivity contribution >= 4 is 10.2 Å². The van der Waals surface area contributed by atoms with Gasteiger partial charge in [0.1, 0.15) is 0 Å². The third kappa shape index (κ3) is 3.42. The Morgan fingerprint density at radius 2 is 2.06 bits per heavy atom. The summed E-state index contributed by atoms with van der Waals surface area (Å²) in [5, 5.41) is 3.21. The first-order chi connectivity index (χ1) is 8.60. The standard InChI is InChI=1S/C11H23N3O3S/c1-13(10-11-9-12-5-8-17-11)18(15,16)14-6-3-2-4-7-14/h11-12H,2-10H2,1H3. The van der Waals surface area contributed by atoms with Crippen molar-refractivity contribution in [1.82, 2.24) is 13.9 Å². The smallest absolute Gasteiger partial charge is 0.281 e. The number of ether oxygens (including phenoxy) is 1. The number of hydrogen-bond donors (Lipinski definition) is 1. The topological polar surface area (TPSA) is 61.9 Å². The number of hydrogen-bond acceptors (Lipinski definition) is 4. The minimum Gasteiger partial charge on any atom is -0.374 e. The molecule has 0 bridgehead atoms. The highest BCUT2D eigenvalue weighted by molar-refractivity contribution is 7.86. The number of nitrogens with one attached hydrogen (secondary N) is 1. The number of piperidine rings is 1. The average molecular weight is 277 g/mol. The van der Waals surface area contributed by atoms with Crippen LogP contribution >= 0.6 is 0 Å². The van der Waals surface area contributed by atoms with Gasteiger partial charge in [0.2, 0.25) is 0 Å². The van der Waals surface area contributed by atoms with Crippen LogP contribution in [0.5, 0.6) is 0 Å². The van der Waals surface area contributed by atoms with Crippen molar-refractivity contribution in [3.05, 3.63) is 0 Å². The van der Waals surface area contributed by atoms with E-state index in [4.69, 9.17) is 4.74 Å². The van der Waals surface area contributed by atoms with Gasteiger partial charge in [-0.05, 0) is 12.8 Å². The van der Waals surface area contributed by atoms with Crippen LogP contribution in [0.25, 0.3) is 0 Å². The van der Waals surface area contributed by atoms with Crippen molar-refractivity contribution in [1.29, 1.82) is 0 Å². The molecule has 0 amide bonds. The lowest BCUT2D eigenvalue weighted by Crippen LogP contribution is -2.50. The largest absolute Gasteiger partial charge is 0.374 e. The molecule has 1 N–H and O–H groups in total. The molecule has 0 spiro atoms. The number of nitrogens with zero attached hydrogens (tertiary/aromatic N) is 2.